The highest BCUT2D eigenvalue weighted by Gasteiger charge is 2.20. The third-order valence-corrected chi connectivity index (χ3v) is 4.50. The molecule has 1 N–H and O–H groups in total. The monoisotopic (exact) mass is 338 g/mol. The van der Waals surface area contributed by atoms with Crippen LogP contribution in [0.3, 0.4) is 0 Å². The van der Waals surface area contributed by atoms with Gasteiger partial charge >= 0.3 is 0 Å². The van der Waals surface area contributed by atoms with Crippen LogP contribution in [0, 0.1) is 0 Å². The van der Waals surface area contributed by atoms with Crippen molar-refractivity contribution in [1.82, 2.24) is 10.2 Å². The van der Waals surface area contributed by atoms with Crippen LogP contribution in [0.5, 0.6) is 0 Å². The zero-order valence-electron chi connectivity index (χ0n) is 12.8. The third-order valence-electron chi connectivity index (χ3n) is 3.76. The summed E-state index contributed by atoms with van der Waals surface area (Å²) in [5.41, 5.74) is 2.78. The van der Waals surface area contributed by atoms with Gasteiger partial charge in [-0.05, 0) is 56.0 Å². The molecule has 20 heavy (non-hydrogen) atoms. The summed E-state index contributed by atoms with van der Waals surface area (Å²) in [5.74, 6) is 0. The molecule has 1 aromatic carbocycles. The molecule has 112 valence electrons. The highest BCUT2D eigenvalue weighted by molar-refractivity contribution is 9.10. The molecule has 2 nitrogen and oxygen atoms in total. The summed E-state index contributed by atoms with van der Waals surface area (Å²) in [6.45, 7) is 8.93. The number of benzene rings is 1. The molecule has 0 heterocycles. The Labute approximate surface area is 132 Å². The molecular weight excluding hydrogens is 312 g/mol. The van der Waals surface area contributed by atoms with Gasteiger partial charge in [0.2, 0.25) is 0 Å². The Hall–Kier alpha value is -0.380. The van der Waals surface area contributed by atoms with E-state index in [0.29, 0.717) is 0 Å². The van der Waals surface area contributed by atoms with Crippen molar-refractivity contribution >= 4 is 15.9 Å². The fourth-order valence-electron chi connectivity index (χ4n) is 2.52. The van der Waals surface area contributed by atoms with Crippen molar-refractivity contribution in [3.05, 3.63) is 33.8 Å². The van der Waals surface area contributed by atoms with Crippen LogP contribution in [0.25, 0.3) is 0 Å². The zero-order valence-corrected chi connectivity index (χ0v) is 14.4. The van der Waals surface area contributed by atoms with Gasteiger partial charge in [0, 0.05) is 23.6 Å². The van der Waals surface area contributed by atoms with Crippen LogP contribution in [-0.2, 0) is 13.1 Å². The maximum atomic E-state index is 3.75. The van der Waals surface area contributed by atoms with Gasteiger partial charge in [0.1, 0.15) is 0 Å². The molecule has 1 aliphatic carbocycles. The van der Waals surface area contributed by atoms with E-state index in [1.54, 1.807) is 0 Å². The van der Waals surface area contributed by atoms with Crippen LogP contribution in [0.4, 0.5) is 0 Å². The van der Waals surface area contributed by atoms with E-state index < -0.39 is 0 Å². The van der Waals surface area contributed by atoms with Gasteiger partial charge in [-0.1, -0.05) is 41.9 Å². The van der Waals surface area contributed by atoms with E-state index in [-0.39, 0.29) is 0 Å². The Morgan fingerprint density at radius 1 is 1.20 bits per heavy atom. The molecule has 0 amide bonds. The highest BCUT2D eigenvalue weighted by Crippen LogP contribution is 2.23. The van der Waals surface area contributed by atoms with Crippen molar-refractivity contribution in [3.8, 4) is 0 Å². The highest BCUT2D eigenvalue weighted by atomic mass is 79.9. The first-order chi connectivity index (χ1) is 9.72. The fourth-order valence-corrected chi connectivity index (χ4v) is 3.07. The molecule has 0 spiro atoms. The fraction of sp³-hybridized carbons (Fsp3) is 0.647. The van der Waals surface area contributed by atoms with E-state index in [9.17, 15) is 0 Å². The molecule has 1 aliphatic rings. The largest absolute Gasteiger partial charge is 0.310 e. The van der Waals surface area contributed by atoms with E-state index in [1.807, 2.05) is 0 Å². The molecule has 0 aromatic heterocycles. The molecule has 0 atom stereocenters. The molecule has 0 aliphatic heterocycles. The Balaban J connectivity index is 1.92. The molecule has 1 aromatic rings. The Morgan fingerprint density at radius 2 is 1.90 bits per heavy atom. The van der Waals surface area contributed by atoms with E-state index >= 15 is 0 Å². The average Bonchev–Trinajstić information content (AvgIpc) is 3.24. The first kappa shape index (κ1) is 16.0. The summed E-state index contributed by atoms with van der Waals surface area (Å²) in [4.78, 5) is 2.54. The minimum atomic E-state index is 0.776. The predicted octanol–water partition coefficient (Wildman–Crippen LogP) is 4.32. The van der Waals surface area contributed by atoms with Gasteiger partial charge < -0.3 is 5.32 Å². The van der Waals surface area contributed by atoms with Crippen LogP contribution < -0.4 is 5.32 Å². The van der Waals surface area contributed by atoms with E-state index in [1.165, 1.54) is 54.4 Å². The maximum Gasteiger partial charge on any atom is 0.0244 e. The lowest BCUT2D eigenvalue weighted by molar-refractivity contribution is 0.266. The predicted molar refractivity (Wildman–Crippen MR) is 89.9 cm³/mol. The van der Waals surface area contributed by atoms with Crippen molar-refractivity contribution in [2.24, 2.45) is 0 Å². The summed E-state index contributed by atoms with van der Waals surface area (Å²) in [7, 11) is 0. The van der Waals surface area contributed by atoms with Crippen LogP contribution >= 0.6 is 15.9 Å². The maximum absolute atomic E-state index is 3.75. The van der Waals surface area contributed by atoms with Crippen LogP contribution in [0.15, 0.2) is 22.7 Å². The third kappa shape index (κ3) is 5.19. The second kappa shape index (κ2) is 8.16. The van der Waals surface area contributed by atoms with E-state index in [0.717, 1.165) is 19.1 Å². The lowest BCUT2D eigenvalue weighted by atomic mass is 10.1. The zero-order chi connectivity index (χ0) is 14.4. The summed E-state index contributed by atoms with van der Waals surface area (Å²) in [6, 6.07) is 7.61. The number of nitrogens with one attached hydrogen (secondary N) is 1. The van der Waals surface area contributed by atoms with Crippen LogP contribution in [0.1, 0.15) is 50.7 Å². The number of hydrogen-bond acceptors (Lipinski definition) is 2. The standard InChI is InChI=1S/C17H27BrN2/c1-3-9-20(10-4-2)13-15-6-5-14(11-17(15)18)12-19-16-7-8-16/h5-6,11,16,19H,3-4,7-10,12-13H2,1-2H3. The van der Waals surface area contributed by atoms with Crippen molar-refractivity contribution in [2.45, 2.75) is 58.7 Å². The quantitative estimate of drug-likeness (QED) is 0.721. The minimum Gasteiger partial charge on any atom is -0.310 e. The van der Waals surface area contributed by atoms with Gasteiger partial charge in [-0.2, -0.15) is 0 Å². The first-order valence-electron chi connectivity index (χ1n) is 7.96. The Kier molecular flexibility index (Phi) is 6.53. The Morgan fingerprint density at radius 3 is 2.45 bits per heavy atom. The SMILES string of the molecule is CCCN(CCC)Cc1ccc(CNC2CC2)cc1Br. The summed E-state index contributed by atoms with van der Waals surface area (Å²) >= 11 is 3.75. The summed E-state index contributed by atoms with van der Waals surface area (Å²) in [6.07, 6.45) is 5.15. The van der Waals surface area contributed by atoms with Gasteiger partial charge in [-0.15, -0.1) is 0 Å². The first-order valence-corrected chi connectivity index (χ1v) is 8.75. The number of halogens is 1. The van der Waals surface area contributed by atoms with Gasteiger partial charge in [0.05, 0.1) is 0 Å². The van der Waals surface area contributed by atoms with Gasteiger partial charge in [0.15, 0.2) is 0 Å². The molecule has 2 rings (SSSR count). The molecule has 0 bridgehead atoms. The molecule has 0 saturated heterocycles. The topological polar surface area (TPSA) is 15.3 Å². The van der Waals surface area contributed by atoms with Crippen LogP contribution in [-0.4, -0.2) is 24.0 Å². The molecule has 0 radical (unpaired) electrons. The average molecular weight is 339 g/mol. The van der Waals surface area contributed by atoms with Crippen LogP contribution in [0.2, 0.25) is 0 Å². The van der Waals surface area contributed by atoms with Gasteiger partial charge in [-0.25, -0.2) is 0 Å². The van der Waals surface area contributed by atoms with Gasteiger partial charge in [0.25, 0.3) is 0 Å². The minimum absolute atomic E-state index is 0.776. The molecular formula is C17H27BrN2. The number of nitrogens with zero attached hydrogens (tertiary/aromatic N) is 1. The van der Waals surface area contributed by atoms with Gasteiger partial charge in [-0.3, -0.25) is 4.90 Å². The number of hydrogen-bond donors (Lipinski definition) is 1. The normalized spacial score (nSPS) is 15.0. The molecule has 1 saturated carbocycles. The second-order valence-corrected chi connectivity index (χ2v) is 6.71. The van der Waals surface area contributed by atoms with Crippen molar-refractivity contribution in [1.29, 1.82) is 0 Å². The molecule has 0 unspecified atom stereocenters. The van der Waals surface area contributed by atoms with E-state index in [4.69, 9.17) is 0 Å². The summed E-state index contributed by atoms with van der Waals surface area (Å²) in [5, 5.41) is 3.57. The molecule has 1 fully saturated rings. The van der Waals surface area contributed by atoms with Crippen molar-refractivity contribution < 1.29 is 0 Å². The van der Waals surface area contributed by atoms with Crippen molar-refractivity contribution in [2.75, 3.05) is 13.1 Å². The number of rotatable bonds is 9. The van der Waals surface area contributed by atoms with E-state index in [2.05, 4.69) is 58.2 Å². The Bertz CT molecular complexity index is 409. The molecule has 3 heteroatoms. The lowest BCUT2D eigenvalue weighted by Crippen LogP contribution is -2.25. The lowest BCUT2D eigenvalue weighted by Gasteiger charge is -2.22. The summed E-state index contributed by atoms with van der Waals surface area (Å²) < 4.78 is 1.25. The van der Waals surface area contributed by atoms with Crippen molar-refractivity contribution in [3.63, 3.8) is 0 Å². The smallest absolute Gasteiger partial charge is 0.0244 e. The second-order valence-electron chi connectivity index (χ2n) is 5.86.